The molecule has 0 aliphatic heterocycles. The van der Waals surface area contributed by atoms with E-state index < -0.39 is 0 Å². The first kappa shape index (κ1) is 21.8. The highest BCUT2D eigenvalue weighted by Crippen LogP contribution is 2.43. The summed E-state index contributed by atoms with van der Waals surface area (Å²) in [6, 6.07) is 10.4. The quantitative estimate of drug-likeness (QED) is 0.429. The summed E-state index contributed by atoms with van der Waals surface area (Å²) in [4.78, 5) is 0. The Morgan fingerprint density at radius 2 is 1.40 bits per heavy atom. The molecule has 0 bridgehead atoms. The van der Waals surface area contributed by atoms with Gasteiger partial charge in [0.15, 0.2) is 0 Å². The van der Waals surface area contributed by atoms with Crippen molar-refractivity contribution in [2.75, 3.05) is 0 Å². The summed E-state index contributed by atoms with van der Waals surface area (Å²) in [5.41, 5.74) is 2.20. The molecule has 0 unspecified atom stereocenters. The molecule has 0 aromatic heterocycles. The lowest BCUT2D eigenvalue weighted by atomic mass is 9.68. The number of hydrogen-bond donors (Lipinski definition) is 0. The molecule has 164 valence electrons. The van der Waals surface area contributed by atoms with Gasteiger partial charge in [-0.15, -0.1) is 0 Å². The van der Waals surface area contributed by atoms with E-state index in [0.717, 1.165) is 59.3 Å². The first-order valence-electron chi connectivity index (χ1n) is 12.9. The zero-order valence-electron chi connectivity index (χ0n) is 19.3. The highest BCUT2D eigenvalue weighted by molar-refractivity contribution is 5.84. The van der Waals surface area contributed by atoms with Crippen molar-refractivity contribution in [2.45, 2.75) is 97.3 Å². The molecule has 0 spiro atoms. The molecule has 2 aromatic carbocycles. The summed E-state index contributed by atoms with van der Waals surface area (Å²) < 4.78 is 15.1. The van der Waals surface area contributed by atoms with Crippen LogP contribution >= 0.6 is 0 Å². The topological polar surface area (TPSA) is 0 Å². The normalized spacial score (nSPS) is 27.4. The molecule has 2 aromatic rings. The van der Waals surface area contributed by atoms with E-state index in [4.69, 9.17) is 0 Å². The van der Waals surface area contributed by atoms with Gasteiger partial charge in [-0.2, -0.15) is 0 Å². The summed E-state index contributed by atoms with van der Waals surface area (Å²) in [5.74, 6) is 3.83. The molecule has 0 saturated heterocycles. The molecule has 0 atom stereocenters. The minimum atomic E-state index is 0.0210. The Bertz CT molecular complexity index is 806. The lowest BCUT2D eigenvalue weighted by Crippen LogP contribution is -2.26. The van der Waals surface area contributed by atoms with E-state index in [9.17, 15) is 0 Å². The van der Waals surface area contributed by atoms with Crippen LogP contribution in [0.5, 0.6) is 0 Å². The molecule has 2 fully saturated rings. The zero-order chi connectivity index (χ0) is 20.9. The lowest BCUT2D eigenvalue weighted by Gasteiger charge is -2.38. The summed E-state index contributed by atoms with van der Waals surface area (Å²) in [7, 11) is 0. The minimum absolute atomic E-state index is 0.0210. The van der Waals surface area contributed by atoms with Crippen molar-refractivity contribution in [3.63, 3.8) is 0 Å². The summed E-state index contributed by atoms with van der Waals surface area (Å²) >= 11 is 0. The fraction of sp³-hybridized carbons (Fsp3) is 0.655. The average molecular weight is 409 g/mol. The molecule has 0 nitrogen and oxygen atoms in total. The fourth-order valence-electron chi connectivity index (χ4n) is 6.46. The van der Waals surface area contributed by atoms with Crippen molar-refractivity contribution >= 4 is 10.8 Å². The first-order valence-corrected chi connectivity index (χ1v) is 12.9. The highest BCUT2D eigenvalue weighted by Gasteiger charge is 2.30. The van der Waals surface area contributed by atoms with Crippen molar-refractivity contribution < 1.29 is 4.39 Å². The van der Waals surface area contributed by atoms with Gasteiger partial charge in [-0.1, -0.05) is 82.7 Å². The van der Waals surface area contributed by atoms with Crippen LogP contribution in [0.4, 0.5) is 4.39 Å². The maximum absolute atomic E-state index is 15.1. The average Bonchev–Trinajstić information content (AvgIpc) is 2.79. The van der Waals surface area contributed by atoms with E-state index in [-0.39, 0.29) is 5.82 Å². The van der Waals surface area contributed by atoms with Gasteiger partial charge in [0.05, 0.1) is 0 Å². The summed E-state index contributed by atoms with van der Waals surface area (Å²) in [6.07, 6.45) is 17.4. The molecule has 2 aliphatic carbocycles. The molecule has 2 aliphatic rings. The van der Waals surface area contributed by atoms with Crippen LogP contribution in [0, 0.1) is 29.5 Å². The number of rotatable bonds is 7. The standard InChI is InChI=1S/C29H41F/c1-3-5-22-6-12-24(13-7-22)25-14-8-23(9-15-25)10-16-26-17-18-27-20-21(4-2)11-19-28(27)29(26)30/h11,17-20,22-25H,3-10,12-16H2,1-2H3. The van der Waals surface area contributed by atoms with Crippen LogP contribution in [0.1, 0.15) is 95.6 Å². The van der Waals surface area contributed by atoms with E-state index in [0.29, 0.717) is 0 Å². The summed E-state index contributed by atoms with van der Waals surface area (Å²) in [5, 5.41) is 1.84. The van der Waals surface area contributed by atoms with Crippen LogP contribution in [-0.4, -0.2) is 0 Å². The Morgan fingerprint density at radius 1 is 0.767 bits per heavy atom. The van der Waals surface area contributed by atoms with E-state index in [2.05, 4.69) is 32.0 Å². The largest absolute Gasteiger partial charge is 0.206 e. The van der Waals surface area contributed by atoms with Crippen LogP contribution < -0.4 is 0 Å². The van der Waals surface area contributed by atoms with Crippen LogP contribution in [0.15, 0.2) is 30.3 Å². The van der Waals surface area contributed by atoms with E-state index in [1.54, 1.807) is 0 Å². The van der Waals surface area contributed by atoms with Crippen LogP contribution in [0.25, 0.3) is 10.8 Å². The van der Waals surface area contributed by atoms with E-state index in [1.807, 2.05) is 12.1 Å². The van der Waals surface area contributed by atoms with Crippen molar-refractivity contribution in [3.05, 3.63) is 47.3 Å². The van der Waals surface area contributed by atoms with Gasteiger partial charge in [0.25, 0.3) is 0 Å². The molecule has 0 N–H and O–H groups in total. The molecule has 30 heavy (non-hydrogen) atoms. The Balaban J connectivity index is 1.26. The van der Waals surface area contributed by atoms with E-state index >= 15 is 4.39 Å². The van der Waals surface area contributed by atoms with Gasteiger partial charge in [-0.05, 0) is 85.1 Å². The Labute approximate surface area is 183 Å². The third kappa shape index (κ3) is 5.09. The van der Waals surface area contributed by atoms with Gasteiger partial charge in [-0.3, -0.25) is 0 Å². The predicted octanol–water partition coefficient (Wildman–Crippen LogP) is 8.89. The van der Waals surface area contributed by atoms with Gasteiger partial charge in [0.2, 0.25) is 0 Å². The third-order valence-electron chi connectivity index (χ3n) is 8.48. The first-order chi connectivity index (χ1) is 14.7. The molecule has 2 saturated carbocycles. The monoisotopic (exact) mass is 408 g/mol. The molecule has 4 rings (SSSR count). The van der Waals surface area contributed by atoms with Crippen LogP contribution in [-0.2, 0) is 12.8 Å². The van der Waals surface area contributed by atoms with Gasteiger partial charge in [0, 0.05) is 5.39 Å². The maximum Gasteiger partial charge on any atom is 0.134 e. The molecule has 0 heterocycles. The van der Waals surface area contributed by atoms with Crippen molar-refractivity contribution in [1.29, 1.82) is 0 Å². The van der Waals surface area contributed by atoms with Crippen LogP contribution in [0.3, 0.4) is 0 Å². The zero-order valence-corrected chi connectivity index (χ0v) is 19.3. The van der Waals surface area contributed by atoms with Crippen molar-refractivity contribution in [1.82, 2.24) is 0 Å². The smallest absolute Gasteiger partial charge is 0.134 e. The molecular formula is C29H41F. The highest BCUT2D eigenvalue weighted by atomic mass is 19.1. The minimum Gasteiger partial charge on any atom is -0.206 e. The Kier molecular flexibility index (Phi) is 7.50. The SMILES string of the molecule is CCCC1CCC(C2CCC(CCc3ccc4cc(CC)ccc4c3F)CC2)CC1. The van der Waals surface area contributed by atoms with Gasteiger partial charge >= 0.3 is 0 Å². The number of aryl methyl sites for hydroxylation is 2. The van der Waals surface area contributed by atoms with Crippen molar-refractivity contribution in [2.24, 2.45) is 23.7 Å². The second kappa shape index (κ2) is 10.3. The van der Waals surface area contributed by atoms with Crippen LogP contribution in [0.2, 0.25) is 0 Å². The van der Waals surface area contributed by atoms with Crippen molar-refractivity contribution in [3.8, 4) is 0 Å². The molecule has 0 radical (unpaired) electrons. The number of fused-ring (bicyclic) bond motifs is 1. The fourth-order valence-corrected chi connectivity index (χ4v) is 6.46. The molecule has 0 amide bonds. The maximum atomic E-state index is 15.1. The number of halogens is 1. The second-order valence-electron chi connectivity index (χ2n) is 10.3. The lowest BCUT2D eigenvalue weighted by molar-refractivity contribution is 0.141. The van der Waals surface area contributed by atoms with Gasteiger partial charge < -0.3 is 0 Å². The molecule has 1 heteroatoms. The van der Waals surface area contributed by atoms with Gasteiger partial charge in [-0.25, -0.2) is 4.39 Å². The summed E-state index contributed by atoms with van der Waals surface area (Å²) in [6.45, 7) is 4.48. The number of benzene rings is 2. The second-order valence-corrected chi connectivity index (χ2v) is 10.3. The predicted molar refractivity (Wildman–Crippen MR) is 127 cm³/mol. The third-order valence-corrected chi connectivity index (χ3v) is 8.48. The number of hydrogen-bond acceptors (Lipinski definition) is 0. The Morgan fingerprint density at radius 3 is 2.00 bits per heavy atom. The van der Waals surface area contributed by atoms with Gasteiger partial charge in [0.1, 0.15) is 5.82 Å². The van der Waals surface area contributed by atoms with E-state index in [1.165, 1.54) is 69.8 Å². The Hall–Kier alpha value is -1.37. The molecular weight excluding hydrogens is 367 g/mol.